The molecule has 0 aliphatic carbocycles. The van der Waals surface area contributed by atoms with Gasteiger partial charge in [-0.3, -0.25) is 14.5 Å². The van der Waals surface area contributed by atoms with Crippen molar-refractivity contribution in [1.82, 2.24) is 20.2 Å². The van der Waals surface area contributed by atoms with Crippen molar-refractivity contribution >= 4 is 11.7 Å². The summed E-state index contributed by atoms with van der Waals surface area (Å²) >= 11 is 0. The number of rotatable bonds is 7. The van der Waals surface area contributed by atoms with Crippen LogP contribution in [0.5, 0.6) is 0 Å². The van der Waals surface area contributed by atoms with Crippen LogP contribution in [0.25, 0.3) is 0 Å². The Morgan fingerprint density at radius 3 is 2.75 bits per heavy atom. The van der Waals surface area contributed by atoms with Crippen LogP contribution in [0, 0.1) is 5.82 Å². The lowest BCUT2D eigenvalue weighted by molar-refractivity contribution is -0.122. The van der Waals surface area contributed by atoms with Crippen molar-refractivity contribution < 1.29 is 9.18 Å². The number of carbonyl (C=O) groups excluding carboxylic acids is 1. The molecule has 0 fully saturated rings. The Hall–Kier alpha value is -2.74. The van der Waals surface area contributed by atoms with E-state index in [1.54, 1.807) is 19.2 Å². The lowest BCUT2D eigenvalue weighted by atomic mass is 10.2. The zero-order valence-electron chi connectivity index (χ0n) is 13.4. The summed E-state index contributed by atoms with van der Waals surface area (Å²) in [5.74, 6) is 0.150. The number of anilines is 1. The zero-order chi connectivity index (χ0) is 17.5. The molecular formula is C16H20FN5O2. The number of hydrogen-bond donors (Lipinski definition) is 3. The lowest BCUT2D eigenvalue weighted by Crippen LogP contribution is -2.36. The van der Waals surface area contributed by atoms with E-state index in [0.29, 0.717) is 25.3 Å². The van der Waals surface area contributed by atoms with Crippen LogP contribution in [0.1, 0.15) is 11.4 Å². The van der Waals surface area contributed by atoms with Gasteiger partial charge in [-0.15, -0.1) is 0 Å². The van der Waals surface area contributed by atoms with Gasteiger partial charge >= 0.3 is 0 Å². The molecule has 0 bridgehead atoms. The van der Waals surface area contributed by atoms with Gasteiger partial charge in [0, 0.05) is 25.6 Å². The van der Waals surface area contributed by atoms with Gasteiger partial charge in [-0.2, -0.15) is 0 Å². The topological polar surface area (TPSA) is 104 Å². The number of hydrogen-bond acceptors (Lipinski definition) is 5. The van der Waals surface area contributed by atoms with Crippen LogP contribution in [-0.4, -0.2) is 40.9 Å². The van der Waals surface area contributed by atoms with E-state index in [9.17, 15) is 14.0 Å². The monoisotopic (exact) mass is 333 g/mol. The van der Waals surface area contributed by atoms with E-state index in [4.69, 9.17) is 5.73 Å². The molecule has 2 rings (SSSR count). The Morgan fingerprint density at radius 1 is 1.38 bits per heavy atom. The number of nitrogens with two attached hydrogens (primary N) is 1. The third kappa shape index (κ3) is 5.81. The summed E-state index contributed by atoms with van der Waals surface area (Å²) in [6.07, 6.45) is 0.383. The Kier molecular flexibility index (Phi) is 6.02. The molecule has 1 heterocycles. The largest absolute Gasteiger partial charge is 0.383 e. The summed E-state index contributed by atoms with van der Waals surface area (Å²) in [7, 11) is 1.81. The molecule has 0 saturated heterocycles. The van der Waals surface area contributed by atoms with Crippen molar-refractivity contribution in [2.45, 2.75) is 13.0 Å². The van der Waals surface area contributed by atoms with E-state index in [2.05, 4.69) is 15.3 Å². The quantitative estimate of drug-likeness (QED) is 0.675. The van der Waals surface area contributed by atoms with E-state index >= 15 is 0 Å². The van der Waals surface area contributed by atoms with E-state index in [0.717, 1.165) is 5.56 Å². The second-order valence-corrected chi connectivity index (χ2v) is 5.52. The predicted octanol–water partition coefficient (Wildman–Crippen LogP) is 0.282. The Balaban J connectivity index is 1.74. The molecule has 8 heteroatoms. The maximum Gasteiger partial charge on any atom is 0.252 e. The lowest BCUT2D eigenvalue weighted by Gasteiger charge is -2.16. The predicted molar refractivity (Wildman–Crippen MR) is 88.7 cm³/mol. The molecular weight excluding hydrogens is 313 g/mol. The molecule has 0 aliphatic heterocycles. The molecule has 2 aromatic rings. The van der Waals surface area contributed by atoms with Crippen LogP contribution in [0.2, 0.25) is 0 Å². The second kappa shape index (κ2) is 8.21. The number of likely N-dealkylation sites (N-methyl/N-ethyl adjacent to an activating group) is 1. The third-order valence-electron chi connectivity index (χ3n) is 3.27. The summed E-state index contributed by atoms with van der Waals surface area (Å²) in [5, 5.41) is 2.75. The summed E-state index contributed by atoms with van der Waals surface area (Å²) in [4.78, 5) is 31.5. The average Bonchev–Trinajstić information content (AvgIpc) is 2.48. The highest BCUT2D eigenvalue weighted by Crippen LogP contribution is 2.05. The van der Waals surface area contributed by atoms with Crippen LogP contribution in [0.3, 0.4) is 0 Å². The number of aromatic nitrogens is 2. The normalized spacial score (nSPS) is 10.8. The fourth-order valence-corrected chi connectivity index (χ4v) is 2.23. The second-order valence-electron chi connectivity index (χ2n) is 5.52. The Labute approximate surface area is 138 Å². The minimum absolute atomic E-state index is 0.147. The van der Waals surface area contributed by atoms with Crippen molar-refractivity contribution in [2.75, 3.05) is 25.9 Å². The van der Waals surface area contributed by atoms with E-state index < -0.39 is 0 Å². The summed E-state index contributed by atoms with van der Waals surface area (Å²) < 4.78 is 12.9. The highest BCUT2D eigenvalue weighted by molar-refractivity contribution is 5.77. The number of nitrogen functional groups attached to an aromatic ring is 1. The molecule has 0 saturated carbocycles. The number of nitrogens with zero attached hydrogens (tertiary/aromatic N) is 2. The van der Waals surface area contributed by atoms with Gasteiger partial charge in [0.25, 0.3) is 5.56 Å². The first-order valence-corrected chi connectivity index (χ1v) is 7.48. The molecule has 1 aromatic heterocycles. The molecule has 7 nitrogen and oxygen atoms in total. The number of H-pyrrole nitrogens is 1. The van der Waals surface area contributed by atoms with Gasteiger partial charge in [0.1, 0.15) is 17.5 Å². The summed E-state index contributed by atoms with van der Waals surface area (Å²) in [6, 6.07) is 7.36. The fraction of sp³-hybridized carbons (Fsp3) is 0.312. The molecule has 128 valence electrons. The van der Waals surface area contributed by atoms with E-state index in [1.807, 2.05) is 4.90 Å². The first kappa shape index (κ1) is 17.6. The highest BCUT2D eigenvalue weighted by atomic mass is 19.1. The Morgan fingerprint density at radius 2 is 2.08 bits per heavy atom. The Bertz CT molecular complexity index is 745. The first-order chi connectivity index (χ1) is 11.4. The average molecular weight is 333 g/mol. The fourth-order valence-electron chi connectivity index (χ4n) is 2.23. The minimum Gasteiger partial charge on any atom is -0.383 e. The molecule has 4 N–H and O–H groups in total. The van der Waals surface area contributed by atoms with Gasteiger partial charge in [0.2, 0.25) is 5.91 Å². The van der Waals surface area contributed by atoms with E-state index in [1.165, 1.54) is 18.2 Å². The van der Waals surface area contributed by atoms with Crippen molar-refractivity contribution in [3.8, 4) is 0 Å². The number of amides is 1. The van der Waals surface area contributed by atoms with Gasteiger partial charge in [-0.25, -0.2) is 9.37 Å². The molecule has 0 radical (unpaired) electrons. The number of benzene rings is 1. The molecule has 0 aliphatic rings. The van der Waals surface area contributed by atoms with Crippen molar-refractivity contribution in [3.05, 3.63) is 57.9 Å². The van der Waals surface area contributed by atoms with Crippen LogP contribution < -0.4 is 16.6 Å². The van der Waals surface area contributed by atoms with Gasteiger partial charge < -0.3 is 16.0 Å². The number of carbonyl (C=O) groups is 1. The van der Waals surface area contributed by atoms with Crippen molar-refractivity contribution in [3.63, 3.8) is 0 Å². The smallest absolute Gasteiger partial charge is 0.252 e. The van der Waals surface area contributed by atoms with Crippen LogP contribution >= 0.6 is 0 Å². The van der Waals surface area contributed by atoms with Crippen LogP contribution in [-0.2, 0) is 17.8 Å². The molecule has 0 unspecified atom stereocenters. The minimum atomic E-state index is -0.317. The third-order valence-corrected chi connectivity index (χ3v) is 3.27. The van der Waals surface area contributed by atoms with Crippen molar-refractivity contribution in [1.29, 1.82) is 0 Å². The molecule has 24 heavy (non-hydrogen) atoms. The van der Waals surface area contributed by atoms with Crippen LogP contribution in [0.15, 0.2) is 35.1 Å². The van der Waals surface area contributed by atoms with Gasteiger partial charge in [-0.05, 0) is 24.7 Å². The van der Waals surface area contributed by atoms with Gasteiger partial charge in [-0.1, -0.05) is 12.1 Å². The SMILES string of the molecule is CN(CC(=O)NCCc1nc(N)cc(=O)[nH]1)Cc1ccc(F)cc1. The number of halogens is 1. The summed E-state index contributed by atoms with van der Waals surface area (Å²) in [6.45, 7) is 1.09. The van der Waals surface area contributed by atoms with Gasteiger partial charge in [0.15, 0.2) is 0 Å². The molecule has 0 spiro atoms. The maximum absolute atomic E-state index is 12.9. The first-order valence-electron chi connectivity index (χ1n) is 7.48. The highest BCUT2D eigenvalue weighted by Gasteiger charge is 2.07. The van der Waals surface area contributed by atoms with E-state index in [-0.39, 0.29) is 29.6 Å². The maximum atomic E-state index is 12.9. The number of nitrogens with one attached hydrogen (secondary N) is 2. The molecule has 1 amide bonds. The van der Waals surface area contributed by atoms with Gasteiger partial charge in [0.05, 0.1) is 6.54 Å². The standard InChI is InChI=1S/C16H20FN5O2/c1-22(9-11-2-4-12(17)5-3-11)10-16(24)19-7-6-14-20-13(18)8-15(23)21-14/h2-5,8H,6-7,9-10H2,1H3,(H,19,24)(H3,18,20,21,23). The molecule has 1 aromatic carbocycles. The zero-order valence-corrected chi connectivity index (χ0v) is 13.4. The molecule has 0 atom stereocenters. The number of aromatic amines is 1. The summed E-state index contributed by atoms with van der Waals surface area (Å²) in [5.41, 5.74) is 6.10. The van der Waals surface area contributed by atoms with Crippen molar-refractivity contribution in [2.24, 2.45) is 0 Å². The van der Waals surface area contributed by atoms with Crippen LogP contribution in [0.4, 0.5) is 10.2 Å².